The normalized spacial score (nSPS) is 32.2. The Kier molecular flexibility index (Phi) is 2.86. The molecule has 0 aliphatic heterocycles. The second-order valence-corrected chi connectivity index (χ2v) is 3.80. The number of carbonyl (C=O) groups is 1. The minimum absolute atomic E-state index is 0.436. The maximum atomic E-state index is 12.9. The van der Waals surface area contributed by atoms with Crippen molar-refractivity contribution in [2.75, 3.05) is 0 Å². The summed E-state index contributed by atoms with van der Waals surface area (Å²) in [5, 5.41) is 8.62. The molecule has 5 heteroatoms. The number of rotatable bonds is 2. The Labute approximate surface area is 80.9 Å². The van der Waals surface area contributed by atoms with Crippen molar-refractivity contribution in [1.29, 1.82) is 5.26 Å². The minimum atomic E-state index is -2.89. The van der Waals surface area contributed by atoms with Gasteiger partial charge < -0.3 is 5.73 Å². The number of nitrogens with two attached hydrogens (primary N) is 1. The van der Waals surface area contributed by atoms with Gasteiger partial charge in [-0.05, 0) is 6.92 Å². The van der Waals surface area contributed by atoms with Gasteiger partial charge in [0.15, 0.2) is 5.78 Å². The van der Waals surface area contributed by atoms with Gasteiger partial charge in [-0.25, -0.2) is 8.78 Å². The summed E-state index contributed by atoms with van der Waals surface area (Å²) in [6.45, 7) is 1.45. The Morgan fingerprint density at radius 1 is 1.64 bits per heavy atom. The molecule has 0 saturated heterocycles. The van der Waals surface area contributed by atoms with E-state index in [1.807, 2.05) is 0 Å². The van der Waals surface area contributed by atoms with Crippen molar-refractivity contribution in [2.45, 2.75) is 31.7 Å². The molecule has 1 rings (SSSR count). The average molecular weight is 202 g/mol. The summed E-state index contributed by atoms with van der Waals surface area (Å²) >= 11 is 0. The molecule has 1 unspecified atom stereocenters. The first kappa shape index (κ1) is 11.1. The van der Waals surface area contributed by atoms with E-state index in [0.717, 1.165) is 0 Å². The zero-order chi connectivity index (χ0) is 10.9. The fourth-order valence-corrected chi connectivity index (χ4v) is 1.78. The third kappa shape index (κ3) is 2.07. The third-order valence-corrected chi connectivity index (χ3v) is 2.50. The lowest BCUT2D eigenvalue weighted by Crippen LogP contribution is -2.34. The molecule has 0 aromatic carbocycles. The van der Waals surface area contributed by atoms with Crippen LogP contribution in [0.2, 0.25) is 0 Å². The molecule has 1 aliphatic rings. The average Bonchev–Trinajstić information content (AvgIpc) is 2.39. The second kappa shape index (κ2) is 3.62. The first-order valence-corrected chi connectivity index (χ1v) is 4.44. The van der Waals surface area contributed by atoms with Crippen LogP contribution in [0.1, 0.15) is 19.8 Å². The summed E-state index contributed by atoms with van der Waals surface area (Å²) in [5.74, 6) is -5.11. The van der Waals surface area contributed by atoms with Crippen LogP contribution >= 0.6 is 0 Å². The van der Waals surface area contributed by atoms with Gasteiger partial charge in [0.2, 0.25) is 5.92 Å². The van der Waals surface area contributed by atoms with Gasteiger partial charge in [0, 0.05) is 18.8 Å². The SMILES string of the molecule is C[C@@H](N)C(=O)C1CC(F)(F)C[C@H]1C#N. The highest BCUT2D eigenvalue weighted by atomic mass is 19.3. The van der Waals surface area contributed by atoms with Crippen LogP contribution in [0.4, 0.5) is 8.78 Å². The van der Waals surface area contributed by atoms with E-state index in [9.17, 15) is 13.6 Å². The number of nitriles is 1. The summed E-state index contributed by atoms with van der Waals surface area (Å²) < 4.78 is 25.8. The van der Waals surface area contributed by atoms with Gasteiger partial charge in [0.1, 0.15) is 0 Å². The van der Waals surface area contributed by atoms with Crippen molar-refractivity contribution < 1.29 is 13.6 Å². The van der Waals surface area contributed by atoms with Crippen LogP contribution in [-0.4, -0.2) is 17.7 Å². The van der Waals surface area contributed by atoms with E-state index >= 15 is 0 Å². The maximum Gasteiger partial charge on any atom is 0.250 e. The molecule has 0 amide bonds. The molecule has 1 fully saturated rings. The molecular weight excluding hydrogens is 190 g/mol. The monoisotopic (exact) mass is 202 g/mol. The van der Waals surface area contributed by atoms with Crippen LogP contribution < -0.4 is 5.73 Å². The van der Waals surface area contributed by atoms with E-state index in [4.69, 9.17) is 11.0 Å². The molecular formula is C9H12F2N2O. The van der Waals surface area contributed by atoms with Crippen molar-refractivity contribution in [1.82, 2.24) is 0 Å². The van der Waals surface area contributed by atoms with Crippen LogP contribution in [0, 0.1) is 23.2 Å². The molecule has 14 heavy (non-hydrogen) atoms. The number of hydrogen-bond donors (Lipinski definition) is 1. The Morgan fingerprint density at radius 3 is 2.64 bits per heavy atom. The summed E-state index contributed by atoms with van der Waals surface area (Å²) in [6, 6.07) is 0.976. The highest BCUT2D eigenvalue weighted by Gasteiger charge is 2.49. The minimum Gasteiger partial charge on any atom is -0.322 e. The molecule has 1 aliphatic carbocycles. The number of halogens is 2. The van der Waals surface area contributed by atoms with Crippen LogP contribution in [0.5, 0.6) is 0 Å². The Morgan fingerprint density at radius 2 is 2.21 bits per heavy atom. The lowest BCUT2D eigenvalue weighted by molar-refractivity contribution is -0.125. The van der Waals surface area contributed by atoms with Crippen LogP contribution in [0.15, 0.2) is 0 Å². The number of nitrogens with zero attached hydrogens (tertiary/aromatic N) is 1. The largest absolute Gasteiger partial charge is 0.322 e. The predicted octanol–water partition coefficient (Wildman–Crippen LogP) is 1.09. The maximum absolute atomic E-state index is 12.9. The number of alkyl halides is 2. The smallest absolute Gasteiger partial charge is 0.250 e. The van der Waals surface area contributed by atoms with E-state index in [-0.39, 0.29) is 0 Å². The quantitative estimate of drug-likeness (QED) is 0.728. The standard InChI is InChI=1S/C9H12F2N2O/c1-5(13)8(14)7-3-9(10,11)2-6(7)4-12/h5-7H,2-3,13H2,1H3/t5-,6+,7?/m1/s1. The summed E-state index contributed by atoms with van der Waals surface area (Å²) in [7, 11) is 0. The van der Waals surface area contributed by atoms with Gasteiger partial charge in [-0.2, -0.15) is 5.26 Å². The van der Waals surface area contributed by atoms with Gasteiger partial charge in [0.05, 0.1) is 18.0 Å². The van der Waals surface area contributed by atoms with E-state index in [1.54, 1.807) is 6.07 Å². The van der Waals surface area contributed by atoms with E-state index in [0.29, 0.717) is 0 Å². The highest BCUT2D eigenvalue weighted by molar-refractivity contribution is 5.86. The lowest BCUT2D eigenvalue weighted by atomic mass is 9.90. The van der Waals surface area contributed by atoms with Crippen molar-refractivity contribution in [3.8, 4) is 6.07 Å². The van der Waals surface area contributed by atoms with Crippen molar-refractivity contribution in [3.05, 3.63) is 0 Å². The molecule has 0 aromatic heterocycles. The Hall–Kier alpha value is -1.02. The molecule has 0 radical (unpaired) electrons. The molecule has 0 heterocycles. The first-order valence-electron chi connectivity index (χ1n) is 4.44. The predicted molar refractivity (Wildman–Crippen MR) is 45.4 cm³/mol. The van der Waals surface area contributed by atoms with Crippen molar-refractivity contribution in [3.63, 3.8) is 0 Å². The molecule has 0 bridgehead atoms. The number of carbonyl (C=O) groups excluding carboxylic acids is 1. The topological polar surface area (TPSA) is 66.9 Å². The molecule has 3 atom stereocenters. The van der Waals surface area contributed by atoms with Gasteiger partial charge in [0.25, 0.3) is 0 Å². The second-order valence-electron chi connectivity index (χ2n) is 3.80. The van der Waals surface area contributed by atoms with Gasteiger partial charge in [-0.15, -0.1) is 0 Å². The van der Waals surface area contributed by atoms with Gasteiger partial charge >= 0.3 is 0 Å². The molecule has 1 saturated carbocycles. The van der Waals surface area contributed by atoms with Gasteiger partial charge in [-0.1, -0.05) is 0 Å². The van der Waals surface area contributed by atoms with Crippen molar-refractivity contribution in [2.24, 2.45) is 17.6 Å². The number of ketones is 1. The van der Waals surface area contributed by atoms with E-state index < -0.39 is 42.4 Å². The lowest BCUT2D eigenvalue weighted by Gasteiger charge is -2.13. The summed E-state index contributed by atoms with van der Waals surface area (Å²) in [4.78, 5) is 11.4. The fourth-order valence-electron chi connectivity index (χ4n) is 1.78. The zero-order valence-electron chi connectivity index (χ0n) is 7.84. The van der Waals surface area contributed by atoms with Gasteiger partial charge in [-0.3, -0.25) is 4.79 Å². The van der Waals surface area contributed by atoms with Crippen LogP contribution in [0.3, 0.4) is 0 Å². The molecule has 3 nitrogen and oxygen atoms in total. The van der Waals surface area contributed by atoms with E-state index in [2.05, 4.69) is 0 Å². The molecule has 0 spiro atoms. The summed E-state index contributed by atoms with van der Waals surface area (Å²) in [6.07, 6.45) is -1.06. The van der Waals surface area contributed by atoms with Crippen LogP contribution in [-0.2, 0) is 4.79 Å². The van der Waals surface area contributed by atoms with Crippen LogP contribution in [0.25, 0.3) is 0 Å². The zero-order valence-corrected chi connectivity index (χ0v) is 7.84. The molecule has 0 aromatic rings. The number of Topliss-reactive ketones (excluding diaryl/α,β-unsaturated/α-hetero) is 1. The molecule has 2 N–H and O–H groups in total. The van der Waals surface area contributed by atoms with E-state index in [1.165, 1.54) is 6.92 Å². The molecule has 78 valence electrons. The third-order valence-electron chi connectivity index (χ3n) is 2.50. The fraction of sp³-hybridized carbons (Fsp3) is 0.778. The van der Waals surface area contributed by atoms with Crippen molar-refractivity contribution >= 4 is 5.78 Å². The Bertz CT molecular complexity index is 283. The summed E-state index contributed by atoms with van der Waals surface area (Å²) in [5.41, 5.74) is 5.32. The first-order chi connectivity index (χ1) is 6.37. The highest BCUT2D eigenvalue weighted by Crippen LogP contribution is 2.43. The number of hydrogen-bond acceptors (Lipinski definition) is 3. The Balaban J connectivity index is 2.80.